The number of fused-ring (bicyclic) bond motifs is 2. The number of anilines is 2. The Kier molecular flexibility index (Phi) is 11.7. The van der Waals surface area contributed by atoms with Crippen molar-refractivity contribution in [3.8, 4) is 0 Å². The zero-order chi connectivity index (χ0) is 41.1. The Labute approximate surface area is 335 Å². The van der Waals surface area contributed by atoms with Crippen molar-refractivity contribution in [2.45, 2.75) is 65.7 Å². The van der Waals surface area contributed by atoms with Gasteiger partial charge in [-0.3, -0.25) is 9.97 Å². The summed E-state index contributed by atoms with van der Waals surface area (Å²) in [7, 11) is 0. The highest BCUT2D eigenvalue weighted by molar-refractivity contribution is 5.81. The summed E-state index contributed by atoms with van der Waals surface area (Å²) >= 11 is 0. The maximum absolute atomic E-state index is 14.0. The molecule has 0 saturated carbocycles. The highest BCUT2D eigenvalue weighted by Crippen LogP contribution is 2.28. The second kappa shape index (κ2) is 17.0. The SMILES string of the molecule is Cc1nc2c([C@@H](C)NC(=O)N3CCN(c4ccncc4F)C[C@H]3C)cccc2o1.Cc1nc2c([C@H](C)NC(=O)N3CCN(c4ccncc4F)C[C@H]3C)cccc2o1. The number of amides is 4. The number of piperazine rings is 2. The smallest absolute Gasteiger partial charge is 0.318 e. The fourth-order valence-corrected chi connectivity index (χ4v) is 7.76. The summed E-state index contributed by atoms with van der Waals surface area (Å²) in [6.45, 7) is 14.7. The number of nitrogens with one attached hydrogen (secondary N) is 2. The number of aryl methyl sites for hydroxylation is 2. The molecule has 2 aliphatic rings. The van der Waals surface area contributed by atoms with E-state index < -0.39 is 0 Å². The van der Waals surface area contributed by atoms with Crippen LogP contribution in [-0.2, 0) is 0 Å². The van der Waals surface area contributed by atoms with Crippen LogP contribution < -0.4 is 20.4 Å². The van der Waals surface area contributed by atoms with Gasteiger partial charge < -0.3 is 39.1 Å². The van der Waals surface area contributed by atoms with E-state index in [4.69, 9.17) is 8.83 Å². The molecule has 6 aromatic rings. The van der Waals surface area contributed by atoms with Crippen molar-refractivity contribution in [1.82, 2.24) is 40.4 Å². The lowest BCUT2D eigenvalue weighted by molar-refractivity contribution is 0.167. The number of hydrogen-bond donors (Lipinski definition) is 2. The first-order valence-corrected chi connectivity index (χ1v) is 19.4. The van der Waals surface area contributed by atoms with E-state index in [1.807, 2.05) is 73.9 Å². The summed E-state index contributed by atoms with van der Waals surface area (Å²) < 4.78 is 39.2. The molecule has 6 heterocycles. The van der Waals surface area contributed by atoms with Crippen LogP contribution in [0.2, 0.25) is 0 Å². The topological polar surface area (TPSA) is 149 Å². The minimum Gasteiger partial charge on any atom is -0.441 e. The number of halogens is 2. The van der Waals surface area contributed by atoms with E-state index in [-0.39, 0.29) is 47.9 Å². The molecule has 4 aromatic heterocycles. The summed E-state index contributed by atoms with van der Waals surface area (Å²) in [6.07, 6.45) is 5.59. The number of nitrogens with zero attached hydrogens (tertiary/aromatic N) is 8. The summed E-state index contributed by atoms with van der Waals surface area (Å²) in [4.78, 5) is 49.8. The minimum absolute atomic E-state index is 0.0615. The standard InChI is InChI=1S/2C21H24FN5O2/c2*1-13-12-26(18-7-8-23-11-17(18)22)9-10-27(13)21(28)24-14(2)16-5-4-6-19-20(16)25-15(3)29-19/h2*4-8,11,13-14H,9-10,12H2,1-3H3,(H,24,28)/t13-,14+;13-,14-/m11/s1. The van der Waals surface area contributed by atoms with Crippen LogP contribution in [0.5, 0.6) is 0 Å². The van der Waals surface area contributed by atoms with Crippen LogP contribution in [0, 0.1) is 25.5 Å². The Morgan fingerprint density at radius 2 is 1.09 bits per heavy atom. The molecule has 304 valence electrons. The molecule has 2 saturated heterocycles. The highest BCUT2D eigenvalue weighted by Gasteiger charge is 2.31. The van der Waals surface area contributed by atoms with E-state index in [9.17, 15) is 18.4 Å². The number of rotatable bonds is 6. The van der Waals surface area contributed by atoms with Gasteiger partial charge >= 0.3 is 12.1 Å². The summed E-state index contributed by atoms with van der Waals surface area (Å²) in [5, 5.41) is 6.13. The van der Waals surface area contributed by atoms with E-state index in [0.29, 0.717) is 73.6 Å². The van der Waals surface area contributed by atoms with Crippen molar-refractivity contribution in [3.63, 3.8) is 0 Å². The number of hydrogen-bond acceptors (Lipinski definition) is 10. The first-order chi connectivity index (χ1) is 27.9. The second-order valence-corrected chi connectivity index (χ2v) is 14.8. The maximum Gasteiger partial charge on any atom is 0.318 e. The maximum atomic E-state index is 14.0. The molecule has 2 aromatic carbocycles. The van der Waals surface area contributed by atoms with Crippen LogP contribution in [0.25, 0.3) is 22.2 Å². The fourth-order valence-electron chi connectivity index (χ4n) is 7.76. The van der Waals surface area contributed by atoms with Gasteiger partial charge in [-0.2, -0.15) is 0 Å². The molecule has 4 amide bonds. The quantitative estimate of drug-likeness (QED) is 0.176. The van der Waals surface area contributed by atoms with E-state index in [1.165, 1.54) is 12.4 Å². The average molecular weight is 795 g/mol. The van der Waals surface area contributed by atoms with Crippen molar-refractivity contribution in [1.29, 1.82) is 0 Å². The summed E-state index contributed by atoms with van der Waals surface area (Å²) in [6, 6.07) is 13.9. The lowest BCUT2D eigenvalue weighted by atomic mass is 10.1. The number of oxazole rings is 2. The molecule has 2 N–H and O–H groups in total. The predicted molar refractivity (Wildman–Crippen MR) is 217 cm³/mol. The molecule has 14 nitrogen and oxygen atoms in total. The Hall–Kier alpha value is -6.32. The highest BCUT2D eigenvalue weighted by atomic mass is 19.1. The summed E-state index contributed by atoms with van der Waals surface area (Å²) in [5.74, 6) is 0.502. The van der Waals surface area contributed by atoms with Gasteiger partial charge in [-0.25, -0.2) is 28.3 Å². The van der Waals surface area contributed by atoms with Crippen LogP contribution in [-0.4, -0.2) is 93.2 Å². The van der Waals surface area contributed by atoms with Gasteiger partial charge in [-0.05, 0) is 52.0 Å². The zero-order valence-electron chi connectivity index (χ0n) is 33.4. The van der Waals surface area contributed by atoms with Crippen molar-refractivity contribution in [2.24, 2.45) is 0 Å². The molecule has 0 bridgehead atoms. The van der Waals surface area contributed by atoms with Crippen LogP contribution in [0.1, 0.15) is 62.7 Å². The molecule has 2 fully saturated rings. The molecule has 4 atom stereocenters. The molecule has 0 unspecified atom stereocenters. The van der Waals surface area contributed by atoms with Gasteiger partial charge in [-0.15, -0.1) is 0 Å². The molecule has 58 heavy (non-hydrogen) atoms. The summed E-state index contributed by atoms with van der Waals surface area (Å²) in [5.41, 5.74) is 5.83. The second-order valence-electron chi connectivity index (χ2n) is 14.8. The Bertz CT molecular complexity index is 2240. The van der Waals surface area contributed by atoms with Gasteiger partial charge in [0.05, 0.1) is 35.9 Å². The van der Waals surface area contributed by atoms with Crippen LogP contribution in [0.3, 0.4) is 0 Å². The third-order valence-corrected chi connectivity index (χ3v) is 10.7. The van der Waals surface area contributed by atoms with Crippen molar-refractivity contribution < 1.29 is 27.2 Å². The number of carbonyl (C=O) groups excluding carboxylic acids is 2. The van der Waals surface area contributed by atoms with Crippen molar-refractivity contribution >= 4 is 45.6 Å². The Morgan fingerprint density at radius 3 is 1.47 bits per heavy atom. The van der Waals surface area contributed by atoms with E-state index >= 15 is 0 Å². The number of benzene rings is 2. The van der Waals surface area contributed by atoms with E-state index in [0.717, 1.165) is 22.2 Å². The normalized spacial score (nSPS) is 18.1. The molecule has 0 spiro atoms. The Balaban J connectivity index is 0.000000177. The van der Waals surface area contributed by atoms with Gasteiger partial charge in [0.15, 0.2) is 34.6 Å². The lowest BCUT2D eigenvalue weighted by Gasteiger charge is -2.41. The van der Waals surface area contributed by atoms with Gasteiger partial charge in [0.2, 0.25) is 0 Å². The number of aromatic nitrogens is 4. The molecular formula is C42H48F2N10O4. The predicted octanol–water partition coefficient (Wildman–Crippen LogP) is 7.30. The van der Waals surface area contributed by atoms with Crippen LogP contribution in [0.15, 0.2) is 82.2 Å². The van der Waals surface area contributed by atoms with Crippen molar-refractivity contribution in [3.05, 3.63) is 108 Å². The van der Waals surface area contributed by atoms with E-state index in [1.54, 1.807) is 48.2 Å². The van der Waals surface area contributed by atoms with Gasteiger partial charge in [-0.1, -0.05) is 24.3 Å². The molecular weight excluding hydrogens is 747 g/mol. The molecule has 2 aliphatic heterocycles. The number of pyridine rings is 2. The monoisotopic (exact) mass is 794 g/mol. The van der Waals surface area contributed by atoms with E-state index in [2.05, 4.69) is 30.6 Å². The Morgan fingerprint density at radius 1 is 0.672 bits per heavy atom. The molecule has 16 heteroatoms. The largest absolute Gasteiger partial charge is 0.441 e. The van der Waals surface area contributed by atoms with Crippen LogP contribution >= 0.6 is 0 Å². The van der Waals surface area contributed by atoms with Gasteiger partial charge in [0.1, 0.15) is 11.0 Å². The number of para-hydroxylation sites is 2. The fraction of sp³-hybridized carbons (Fsp3) is 0.381. The third-order valence-electron chi connectivity index (χ3n) is 10.7. The molecule has 0 radical (unpaired) electrons. The molecule has 0 aliphatic carbocycles. The van der Waals surface area contributed by atoms with Crippen LogP contribution in [0.4, 0.5) is 29.7 Å². The first-order valence-electron chi connectivity index (χ1n) is 19.4. The zero-order valence-corrected chi connectivity index (χ0v) is 33.4. The third kappa shape index (κ3) is 8.50. The number of urea groups is 2. The lowest BCUT2D eigenvalue weighted by Crippen LogP contribution is -2.57. The van der Waals surface area contributed by atoms with Gasteiger partial charge in [0, 0.05) is 88.7 Å². The molecule has 8 rings (SSSR count). The first kappa shape index (κ1) is 39.9. The van der Waals surface area contributed by atoms with Gasteiger partial charge in [0.25, 0.3) is 0 Å². The minimum atomic E-state index is -0.345. The van der Waals surface area contributed by atoms with Crippen molar-refractivity contribution in [2.75, 3.05) is 49.1 Å². The average Bonchev–Trinajstić information content (AvgIpc) is 3.78. The number of carbonyl (C=O) groups is 2.